The van der Waals surface area contributed by atoms with Crippen LogP contribution in [0.15, 0.2) is 48.5 Å². The van der Waals surface area contributed by atoms with Crippen LogP contribution in [0.3, 0.4) is 0 Å². The molecule has 0 aliphatic carbocycles. The number of carbonyl (C=O) groups is 2. The number of ketones is 1. The van der Waals surface area contributed by atoms with Crippen molar-refractivity contribution in [2.24, 2.45) is 11.8 Å². The summed E-state index contributed by atoms with van der Waals surface area (Å²) in [6, 6.07) is 11.9. The monoisotopic (exact) mass is 401 g/mol. The topological polar surface area (TPSA) is 86.5 Å². The van der Waals surface area contributed by atoms with E-state index in [1.165, 1.54) is 24.3 Å². The summed E-state index contributed by atoms with van der Waals surface area (Å²) in [6.07, 6.45) is 0.725. The maximum atomic E-state index is 13.1. The molecule has 154 valence electrons. The first kappa shape index (κ1) is 22.2. The SMILES string of the molecule is CCOC(=O)[C@@H](CC(=O)[C@@H](C)Cc1ccc([N+](=O)[O-])cc1)Cc1ccc(F)cc1. The van der Waals surface area contributed by atoms with Crippen LogP contribution in [-0.2, 0) is 27.2 Å². The Hall–Kier alpha value is -3.09. The van der Waals surface area contributed by atoms with Crippen molar-refractivity contribution in [3.05, 3.63) is 75.6 Å². The maximum absolute atomic E-state index is 13.1. The van der Waals surface area contributed by atoms with Crippen molar-refractivity contribution < 1.29 is 23.6 Å². The quantitative estimate of drug-likeness (QED) is 0.337. The molecule has 0 fully saturated rings. The van der Waals surface area contributed by atoms with E-state index in [1.807, 2.05) is 0 Å². The summed E-state index contributed by atoms with van der Waals surface area (Å²) in [5.74, 6) is -1.92. The van der Waals surface area contributed by atoms with Crippen molar-refractivity contribution in [1.82, 2.24) is 0 Å². The lowest BCUT2D eigenvalue weighted by Gasteiger charge is -2.18. The molecule has 0 N–H and O–H groups in total. The molecule has 2 aromatic rings. The second-order valence-corrected chi connectivity index (χ2v) is 6.98. The number of nitro benzene ring substituents is 1. The van der Waals surface area contributed by atoms with Crippen molar-refractivity contribution in [2.75, 3.05) is 6.61 Å². The van der Waals surface area contributed by atoms with Crippen LogP contribution in [0.5, 0.6) is 0 Å². The van der Waals surface area contributed by atoms with Gasteiger partial charge in [-0.2, -0.15) is 0 Å². The second kappa shape index (κ2) is 10.5. The lowest BCUT2D eigenvalue weighted by atomic mass is 9.88. The van der Waals surface area contributed by atoms with Gasteiger partial charge in [0.25, 0.3) is 5.69 Å². The summed E-state index contributed by atoms with van der Waals surface area (Å²) in [5, 5.41) is 10.7. The van der Waals surface area contributed by atoms with E-state index in [9.17, 15) is 24.1 Å². The summed E-state index contributed by atoms with van der Waals surface area (Å²) in [4.78, 5) is 35.3. The number of nitrogens with zero attached hydrogens (tertiary/aromatic N) is 1. The molecule has 0 bridgehead atoms. The maximum Gasteiger partial charge on any atom is 0.309 e. The van der Waals surface area contributed by atoms with Gasteiger partial charge in [-0.1, -0.05) is 31.2 Å². The average Bonchev–Trinajstić information content (AvgIpc) is 2.69. The second-order valence-electron chi connectivity index (χ2n) is 6.98. The van der Waals surface area contributed by atoms with Crippen LogP contribution in [0.1, 0.15) is 31.4 Å². The number of benzene rings is 2. The molecular weight excluding hydrogens is 377 g/mol. The number of nitro groups is 1. The van der Waals surface area contributed by atoms with Crippen LogP contribution in [0, 0.1) is 27.8 Å². The van der Waals surface area contributed by atoms with Crippen LogP contribution in [0.2, 0.25) is 0 Å². The van der Waals surface area contributed by atoms with E-state index in [-0.39, 0.29) is 42.7 Å². The van der Waals surface area contributed by atoms with Crippen molar-refractivity contribution >= 4 is 17.4 Å². The number of Topliss-reactive ketones (excluding diaryl/α,β-unsaturated/α-hetero) is 1. The van der Waals surface area contributed by atoms with Crippen molar-refractivity contribution in [3.63, 3.8) is 0 Å². The number of halogens is 1. The van der Waals surface area contributed by atoms with Gasteiger partial charge in [0.15, 0.2) is 0 Å². The van der Waals surface area contributed by atoms with E-state index in [4.69, 9.17) is 4.74 Å². The fourth-order valence-electron chi connectivity index (χ4n) is 3.07. The third-order valence-electron chi connectivity index (χ3n) is 4.70. The summed E-state index contributed by atoms with van der Waals surface area (Å²) in [7, 11) is 0. The summed E-state index contributed by atoms with van der Waals surface area (Å²) < 4.78 is 18.2. The van der Waals surface area contributed by atoms with Gasteiger partial charge in [-0.15, -0.1) is 0 Å². The Balaban J connectivity index is 2.03. The molecule has 0 saturated heterocycles. The van der Waals surface area contributed by atoms with Crippen LogP contribution in [-0.4, -0.2) is 23.3 Å². The molecule has 7 heteroatoms. The predicted octanol–water partition coefficient (Wildman–Crippen LogP) is 4.29. The Morgan fingerprint density at radius 2 is 1.59 bits per heavy atom. The zero-order valence-corrected chi connectivity index (χ0v) is 16.5. The van der Waals surface area contributed by atoms with Gasteiger partial charge >= 0.3 is 5.97 Å². The Kier molecular flexibility index (Phi) is 8.00. The van der Waals surface area contributed by atoms with E-state index >= 15 is 0 Å². The number of ether oxygens (including phenoxy) is 1. The Morgan fingerprint density at radius 1 is 1.03 bits per heavy atom. The average molecular weight is 401 g/mol. The molecular formula is C22H24FNO5. The molecule has 2 aromatic carbocycles. The molecule has 29 heavy (non-hydrogen) atoms. The van der Waals surface area contributed by atoms with Crippen LogP contribution in [0.4, 0.5) is 10.1 Å². The molecule has 0 radical (unpaired) electrons. The van der Waals surface area contributed by atoms with Gasteiger partial charge < -0.3 is 4.74 Å². The van der Waals surface area contributed by atoms with Gasteiger partial charge in [-0.25, -0.2) is 4.39 Å². The number of hydrogen-bond acceptors (Lipinski definition) is 5. The largest absolute Gasteiger partial charge is 0.466 e. The normalized spacial score (nSPS) is 12.8. The van der Waals surface area contributed by atoms with Crippen molar-refractivity contribution in [1.29, 1.82) is 0 Å². The molecule has 2 atom stereocenters. The van der Waals surface area contributed by atoms with Gasteiger partial charge in [0.2, 0.25) is 0 Å². The Labute approximate surface area is 168 Å². The van der Waals surface area contributed by atoms with Crippen molar-refractivity contribution in [2.45, 2.75) is 33.1 Å². The summed E-state index contributed by atoms with van der Waals surface area (Å²) in [5.41, 5.74) is 1.55. The minimum atomic E-state index is -0.646. The van der Waals surface area contributed by atoms with Crippen LogP contribution < -0.4 is 0 Å². The Morgan fingerprint density at radius 3 is 2.14 bits per heavy atom. The highest BCUT2D eigenvalue weighted by Gasteiger charge is 2.26. The fourth-order valence-corrected chi connectivity index (χ4v) is 3.07. The van der Waals surface area contributed by atoms with Gasteiger partial charge in [-0.05, 0) is 43.0 Å². The van der Waals surface area contributed by atoms with Gasteiger partial charge in [-0.3, -0.25) is 19.7 Å². The number of non-ortho nitro benzene ring substituents is 1. The minimum Gasteiger partial charge on any atom is -0.466 e. The summed E-state index contributed by atoms with van der Waals surface area (Å²) >= 11 is 0. The number of esters is 1. The molecule has 0 amide bonds. The van der Waals surface area contributed by atoms with Gasteiger partial charge in [0.05, 0.1) is 17.4 Å². The minimum absolute atomic E-state index is 0.00518. The molecule has 0 aliphatic rings. The first-order valence-electron chi connectivity index (χ1n) is 9.47. The molecule has 0 saturated carbocycles. The highest BCUT2D eigenvalue weighted by molar-refractivity contribution is 5.86. The van der Waals surface area contributed by atoms with E-state index in [2.05, 4.69) is 0 Å². The zero-order chi connectivity index (χ0) is 21.4. The standard InChI is InChI=1S/C22H24FNO5/c1-3-29-22(26)18(13-17-4-8-19(23)9-5-17)14-21(25)15(2)12-16-6-10-20(11-7-16)24(27)28/h4-11,15,18H,3,12-14H2,1-2H3/t15-,18+/m0/s1. The van der Waals surface area contributed by atoms with E-state index in [0.29, 0.717) is 6.42 Å². The molecule has 6 nitrogen and oxygen atoms in total. The highest BCUT2D eigenvalue weighted by atomic mass is 19.1. The lowest BCUT2D eigenvalue weighted by molar-refractivity contribution is -0.384. The van der Waals surface area contributed by atoms with Gasteiger partial charge in [0.1, 0.15) is 11.6 Å². The lowest BCUT2D eigenvalue weighted by Crippen LogP contribution is -2.26. The molecule has 0 aliphatic heterocycles. The highest BCUT2D eigenvalue weighted by Crippen LogP contribution is 2.21. The smallest absolute Gasteiger partial charge is 0.309 e. The van der Waals surface area contributed by atoms with E-state index in [1.54, 1.807) is 38.1 Å². The van der Waals surface area contributed by atoms with E-state index < -0.39 is 16.8 Å². The van der Waals surface area contributed by atoms with Crippen LogP contribution >= 0.6 is 0 Å². The third kappa shape index (κ3) is 6.78. The summed E-state index contributed by atoms with van der Waals surface area (Å²) in [6.45, 7) is 3.68. The number of rotatable bonds is 10. The Bertz CT molecular complexity index is 849. The molecule has 2 rings (SSSR count). The molecule has 0 heterocycles. The van der Waals surface area contributed by atoms with Gasteiger partial charge in [0, 0.05) is 24.5 Å². The number of hydrogen-bond donors (Lipinski definition) is 0. The van der Waals surface area contributed by atoms with E-state index in [0.717, 1.165) is 11.1 Å². The van der Waals surface area contributed by atoms with Crippen molar-refractivity contribution in [3.8, 4) is 0 Å². The predicted molar refractivity (Wildman–Crippen MR) is 106 cm³/mol. The molecule has 0 spiro atoms. The first-order chi connectivity index (χ1) is 13.8. The zero-order valence-electron chi connectivity index (χ0n) is 16.5. The first-order valence-corrected chi connectivity index (χ1v) is 9.47. The number of carbonyl (C=O) groups excluding carboxylic acids is 2. The fraction of sp³-hybridized carbons (Fsp3) is 0.364. The molecule has 0 aromatic heterocycles. The molecule has 0 unspecified atom stereocenters. The van der Waals surface area contributed by atoms with Crippen LogP contribution in [0.25, 0.3) is 0 Å². The third-order valence-corrected chi connectivity index (χ3v) is 4.70.